The van der Waals surface area contributed by atoms with Crippen molar-refractivity contribution in [3.63, 3.8) is 0 Å². The minimum Gasteiger partial charge on any atom is -0.383 e. The quantitative estimate of drug-likeness (QED) is 0.231. The molecule has 0 radical (unpaired) electrons. The highest BCUT2D eigenvalue weighted by Crippen LogP contribution is 2.36. The molecule has 2 aromatic carbocycles. The van der Waals surface area contributed by atoms with Crippen LogP contribution in [0.2, 0.25) is 5.02 Å². The molecule has 2 N–H and O–H groups in total. The van der Waals surface area contributed by atoms with Gasteiger partial charge in [0.2, 0.25) is 0 Å². The molecule has 2 atom stereocenters. The molecule has 0 bridgehead atoms. The van der Waals surface area contributed by atoms with Crippen molar-refractivity contribution in [3.05, 3.63) is 76.7 Å². The Morgan fingerprint density at radius 1 is 1.14 bits per heavy atom. The Kier molecular flexibility index (Phi) is 8.97. The molecule has 4 aromatic rings. The van der Waals surface area contributed by atoms with Gasteiger partial charge in [0, 0.05) is 49.1 Å². The van der Waals surface area contributed by atoms with E-state index in [4.69, 9.17) is 16.3 Å². The second-order valence-electron chi connectivity index (χ2n) is 12.0. The molecular weight excluding hydrogens is 548 g/mol. The van der Waals surface area contributed by atoms with Gasteiger partial charge in [0.05, 0.1) is 46.7 Å². The summed E-state index contributed by atoms with van der Waals surface area (Å²) in [5.74, 6) is 0. The molecule has 1 aliphatic heterocycles. The van der Waals surface area contributed by atoms with E-state index < -0.39 is 0 Å². The summed E-state index contributed by atoms with van der Waals surface area (Å²) in [6, 6.07) is 16.3. The van der Waals surface area contributed by atoms with Crippen molar-refractivity contribution in [2.45, 2.75) is 64.2 Å². The highest BCUT2D eigenvalue weighted by atomic mass is 35.5. The summed E-state index contributed by atoms with van der Waals surface area (Å²) >= 11 is 6.78. The summed E-state index contributed by atoms with van der Waals surface area (Å²) in [5, 5.41) is 27.4. The Balaban J connectivity index is 1.48. The van der Waals surface area contributed by atoms with Gasteiger partial charge in [0.1, 0.15) is 11.8 Å². The lowest BCUT2D eigenvalue weighted by Crippen LogP contribution is -2.46. The van der Waals surface area contributed by atoms with Crippen LogP contribution in [0.15, 0.2) is 54.9 Å². The second-order valence-corrected chi connectivity index (χ2v) is 12.4. The number of ether oxygens (including phenoxy) is 1. The Morgan fingerprint density at radius 2 is 1.88 bits per heavy atom. The lowest BCUT2D eigenvalue weighted by atomic mass is 9.98. The predicted molar refractivity (Wildman–Crippen MR) is 168 cm³/mol. The van der Waals surface area contributed by atoms with Crippen LogP contribution in [0.3, 0.4) is 0 Å². The number of hydrogen-bond acceptors (Lipinski definition) is 8. The van der Waals surface area contributed by atoms with E-state index in [1.165, 1.54) is 0 Å². The zero-order valence-electron chi connectivity index (χ0n) is 24.9. The second kappa shape index (κ2) is 12.7. The van der Waals surface area contributed by atoms with Crippen LogP contribution in [-0.4, -0.2) is 63.3 Å². The van der Waals surface area contributed by atoms with Crippen molar-refractivity contribution in [3.8, 4) is 6.07 Å². The first-order valence-corrected chi connectivity index (χ1v) is 14.8. The summed E-state index contributed by atoms with van der Waals surface area (Å²) in [4.78, 5) is 7.03. The standard InChI is InChI=1S/C32H39ClN8O/c1-21(20-42-5)36-29-23(17-34)18-35-31-26(29)15-24(16-27(31)33)37-30(22-9-7-6-8-10-22)28-19-41(39-38-28)25-11-13-40(14-12-25)32(2,3)4/h6-10,15-16,18-19,21,25,30,37H,11-14,20H2,1-5H3,(H,35,36)/t21?,30-/m0/s1. The first-order valence-electron chi connectivity index (χ1n) is 14.4. The van der Waals surface area contributed by atoms with Gasteiger partial charge >= 0.3 is 0 Å². The van der Waals surface area contributed by atoms with Crippen LogP contribution >= 0.6 is 11.6 Å². The third kappa shape index (κ3) is 6.51. The van der Waals surface area contributed by atoms with Crippen molar-refractivity contribution in [1.29, 1.82) is 5.26 Å². The number of piperidine rings is 1. The normalized spacial score (nSPS) is 16.2. The van der Waals surface area contributed by atoms with Crippen molar-refractivity contribution < 1.29 is 4.74 Å². The van der Waals surface area contributed by atoms with Gasteiger partial charge in [-0.3, -0.25) is 9.88 Å². The van der Waals surface area contributed by atoms with E-state index in [1.807, 2.05) is 41.9 Å². The van der Waals surface area contributed by atoms with Gasteiger partial charge in [-0.2, -0.15) is 5.26 Å². The van der Waals surface area contributed by atoms with Gasteiger partial charge in [-0.05, 0) is 58.2 Å². The predicted octanol–water partition coefficient (Wildman–Crippen LogP) is 6.44. The van der Waals surface area contributed by atoms with Crippen LogP contribution < -0.4 is 10.6 Å². The number of fused-ring (bicyclic) bond motifs is 1. The Hall–Kier alpha value is -3.71. The van der Waals surface area contributed by atoms with Crippen LogP contribution in [0.4, 0.5) is 11.4 Å². The average Bonchev–Trinajstić information content (AvgIpc) is 3.46. The molecule has 0 aliphatic carbocycles. The van der Waals surface area contributed by atoms with E-state index in [0.717, 1.165) is 48.3 Å². The molecule has 42 heavy (non-hydrogen) atoms. The monoisotopic (exact) mass is 586 g/mol. The van der Waals surface area contributed by atoms with E-state index in [9.17, 15) is 5.26 Å². The third-order valence-electron chi connectivity index (χ3n) is 7.91. The van der Waals surface area contributed by atoms with Crippen molar-refractivity contribution in [1.82, 2.24) is 24.9 Å². The number of nitrogens with one attached hydrogen (secondary N) is 2. The van der Waals surface area contributed by atoms with Crippen molar-refractivity contribution in [2.75, 3.05) is 37.4 Å². The van der Waals surface area contributed by atoms with Gasteiger partial charge in [-0.15, -0.1) is 5.10 Å². The summed E-state index contributed by atoms with van der Waals surface area (Å²) in [6.07, 6.45) is 5.70. The molecule has 2 aromatic heterocycles. The number of likely N-dealkylation sites (tertiary alicyclic amines) is 1. The topological polar surface area (TPSA) is 104 Å². The maximum absolute atomic E-state index is 9.84. The number of hydrogen-bond donors (Lipinski definition) is 2. The average molecular weight is 587 g/mol. The molecule has 1 saturated heterocycles. The van der Waals surface area contributed by atoms with E-state index in [1.54, 1.807) is 13.3 Å². The Morgan fingerprint density at radius 3 is 2.55 bits per heavy atom. The molecule has 10 heteroatoms. The van der Waals surface area contributed by atoms with E-state index in [0.29, 0.717) is 34.4 Å². The SMILES string of the molecule is COCC(C)Nc1c(C#N)cnc2c(Cl)cc(N[C@@H](c3ccccc3)c3cn(C4CCN(C(C)(C)C)CC4)nn3)cc12. The largest absolute Gasteiger partial charge is 0.383 e. The van der Waals surface area contributed by atoms with Crippen LogP contribution in [0.25, 0.3) is 10.9 Å². The van der Waals surface area contributed by atoms with Crippen LogP contribution in [0.5, 0.6) is 0 Å². The number of nitriles is 1. The molecule has 5 rings (SSSR count). The van der Waals surface area contributed by atoms with E-state index >= 15 is 0 Å². The van der Waals surface area contributed by atoms with E-state index in [-0.39, 0.29) is 17.6 Å². The molecule has 0 spiro atoms. The lowest BCUT2D eigenvalue weighted by molar-refractivity contribution is 0.0866. The highest BCUT2D eigenvalue weighted by Gasteiger charge is 2.29. The summed E-state index contributed by atoms with van der Waals surface area (Å²) in [5.41, 5.74) is 4.58. The van der Waals surface area contributed by atoms with Crippen molar-refractivity contribution in [2.24, 2.45) is 0 Å². The number of methoxy groups -OCH3 is 1. The molecule has 9 nitrogen and oxygen atoms in total. The number of aromatic nitrogens is 4. The minimum absolute atomic E-state index is 0.0227. The van der Waals surface area contributed by atoms with Gasteiger partial charge in [-0.25, -0.2) is 4.68 Å². The number of anilines is 2. The molecular formula is C32H39ClN8O. The highest BCUT2D eigenvalue weighted by molar-refractivity contribution is 6.35. The third-order valence-corrected chi connectivity index (χ3v) is 8.20. The maximum Gasteiger partial charge on any atom is 0.109 e. The summed E-state index contributed by atoms with van der Waals surface area (Å²) in [7, 11) is 1.65. The number of benzene rings is 2. The fourth-order valence-electron chi connectivity index (χ4n) is 5.66. The molecule has 220 valence electrons. The first-order chi connectivity index (χ1) is 20.2. The first kappa shape index (κ1) is 29.8. The Labute approximate surface area is 252 Å². The van der Waals surface area contributed by atoms with Gasteiger partial charge < -0.3 is 15.4 Å². The van der Waals surface area contributed by atoms with Crippen LogP contribution in [0, 0.1) is 11.3 Å². The zero-order valence-corrected chi connectivity index (χ0v) is 25.7. The molecule has 0 amide bonds. The molecule has 1 aliphatic rings. The summed E-state index contributed by atoms with van der Waals surface area (Å²) in [6.45, 7) is 11.4. The molecule has 1 unspecified atom stereocenters. The maximum atomic E-state index is 9.84. The fourth-order valence-corrected chi connectivity index (χ4v) is 5.93. The van der Waals surface area contributed by atoms with Gasteiger partial charge in [0.15, 0.2) is 0 Å². The summed E-state index contributed by atoms with van der Waals surface area (Å²) < 4.78 is 7.34. The zero-order chi connectivity index (χ0) is 29.9. The van der Waals surface area contributed by atoms with Gasteiger partial charge in [-0.1, -0.05) is 47.1 Å². The number of rotatable bonds is 9. The number of halogens is 1. The molecule has 1 fully saturated rings. The van der Waals surface area contributed by atoms with Gasteiger partial charge in [0.25, 0.3) is 0 Å². The smallest absolute Gasteiger partial charge is 0.109 e. The minimum atomic E-state index is -0.265. The number of pyridine rings is 1. The lowest BCUT2D eigenvalue weighted by Gasteiger charge is -2.40. The molecule has 0 saturated carbocycles. The molecule has 3 heterocycles. The van der Waals surface area contributed by atoms with Crippen LogP contribution in [-0.2, 0) is 4.74 Å². The van der Waals surface area contributed by atoms with E-state index in [2.05, 4.69) is 76.0 Å². The van der Waals surface area contributed by atoms with Crippen LogP contribution in [0.1, 0.15) is 69.4 Å². The Bertz CT molecular complexity index is 1550. The van der Waals surface area contributed by atoms with Crippen molar-refractivity contribution >= 4 is 33.9 Å². The fraction of sp³-hybridized carbons (Fsp3) is 0.438. The number of nitrogens with zero attached hydrogens (tertiary/aromatic N) is 6.